The number of halogens is 1. The van der Waals surface area contributed by atoms with E-state index < -0.39 is 16.0 Å². The molecular weight excluding hydrogens is 712 g/mol. The Morgan fingerprint density at radius 3 is 2.26 bits per heavy atom. The van der Waals surface area contributed by atoms with Crippen molar-refractivity contribution in [3.05, 3.63) is 54.8 Å². The molecule has 0 aliphatic carbocycles. The topological polar surface area (TPSA) is 123 Å². The van der Waals surface area contributed by atoms with Crippen molar-refractivity contribution in [1.82, 2.24) is 33.3 Å². The van der Waals surface area contributed by atoms with E-state index in [1.54, 1.807) is 24.6 Å². The molecule has 2 aromatic rings. The van der Waals surface area contributed by atoms with Gasteiger partial charge in [0.25, 0.3) is 16.1 Å². The maximum absolute atomic E-state index is 14.4. The summed E-state index contributed by atoms with van der Waals surface area (Å²) in [5.74, 6) is 0.942. The van der Waals surface area contributed by atoms with Crippen LogP contribution in [0.15, 0.2) is 43.4 Å². The summed E-state index contributed by atoms with van der Waals surface area (Å²) >= 11 is 0. The normalized spacial score (nSPS) is 22.1. The molecule has 294 valence electrons. The molecule has 1 aromatic heterocycles. The summed E-state index contributed by atoms with van der Waals surface area (Å²) in [6, 6.07) is 3.88. The summed E-state index contributed by atoms with van der Waals surface area (Å²) in [4.78, 5) is 42.5. The predicted molar refractivity (Wildman–Crippen MR) is 204 cm³/mol. The molecule has 1 aromatic carbocycles. The molecule has 13 nitrogen and oxygen atoms in total. The fourth-order valence-corrected chi connectivity index (χ4v) is 11.1. The number of aromatic nitrogens is 2. The zero-order valence-corrected chi connectivity index (χ0v) is 32.9. The minimum absolute atomic E-state index is 0.0732. The molecule has 5 fully saturated rings. The number of hydrogen-bond acceptors (Lipinski definition) is 9. The van der Waals surface area contributed by atoms with Crippen molar-refractivity contribution in [2.75, 3.05) is 76.9 Å². The molecule has 54 heavy (non-hydrogen) atoms. The predicted octanol–water partition coefficient (Wildman–Crippen LogP) is 4.25. The van der Waals surface area contributed by atoms with E-state index in [0.717, 1.165) is 64.8 Å². The number of nitrogens with zero attached hydrogens (tertiary/aromatic N) is 8. The van der Waals surface area contributed by atoms with E-state index in [2.05, 4.69) is 26.3 Å². The fraction of sp³-hybridized carbons (Fsp3) is 0.641. The molecule has 6 heterocycles. The Labute approximate surface area is 319 Å². The Balaban J connectivity index is 0.888. The van der Waals surface area contributed by atoms with Gasteiger partial charge in [-0.3, -0.25) is 9.59 Å². The van der Waals surface area contributed by atoms with E-state index in [1.807, 2.05) is 27.7 Å². The highest BCUT2D eigenvalue weighted by Gasteiger charge is 2.52. The first-order valence-electron chi connectivity index (χ1n) is 19.5. The van der Waals surface area contributed by atoms with Gasteiger partial charge in [0.05, 0.1) is 11.8 Å². The molecule has 0 radical (unpaired) electrons. The largest absolute Gasteiger partial charge is 0.451 e. The Morgan fingerprint density at radius 2 is 1.61 bits per heavy atom. The van der Waals surface area contributed by atoms with Crippen LogP contribution < -0.4 is 9.64 Å². The lowest BCUT2D eigenvalue weighted by molar-refractivity contribution is -0.136. The van der Waals surface area contributed by atoms with Gasteiger partial charge in [-0.25, -0.2) is 14.4 Å². The Kier molecular flexibility index (Phi) is 10.8. The standard InChI is InChI=1S/C39H55FN8O5S/c1-6-35(49)44-24-39(25-44)13-18-47(26-39)54(51,52)46-14-9-30(10-15-46)21-43-16-11-38(12-17-43)22-45(23-38)36-34(20-41-27-42-36)53-33-8-7-31(40)19-32(33)37(50)48(28(2)3)29(4)5/h6-8,19-20,27-30H,1,9-18,21-26H2,2-5H3. The second-order valence-electron chi connectivity index (χ2n) is 16.8. The van der Waals surface area contributed by atoms with Gasteiger partial charge >= 0.3 is 0 Å². The van der Waals surface area contributed by atoms with E-state index in [-0.39, 0.29) is 46.0 Å². The lowest BCUT2D eigenvalue weighted by Crippen LogP contribution is -2.61. The van der Waals surface area contributed by atoms with Crippen LogP contribution in [0.4, 0.5) is 10.2 Å². The minimum Gasteiger partial charge on any atom is -0.451 e. The van der Waals surface area contributed by atoms with Gasteiger partial charge in [-0.05, 0) is 103 Å². The van der Waals surface area contributed by atoms with Gasteiger partial charge in [-0.2, -0.15) is 17.0 Å². The quantitative estimate of drug-likeness (QED) is 0.309. The number of likely N-dealkylation sites (tertiary alicyclic amines) is 2. The second-order valence-corrected chi connectivity index (χ2v) is 18.8. The Hall–Kier alpha value is -3.66. The number of carbonyl (C=O) groups excluding carboxylic acids is 2. The highest BCUT2D eigenvalue weighted by Crippen LogP contribution is 2.46. The van der Waals surface area contributed by atoms with Crippen molar-refractivity contribution in [2.24, 2.45) is 16.7 Å². The number of benzene rings is 1. The van der Waals surface area contributed by atoms with Crippen LogP contribution in [0.5, 0.6) is 11.5 Å². The van der Waals surface area contributed by atoms with Crippen molar-refractivity contribution in [1.29, 1.82) is 0 Å². The van der Waals surface area contributed by atoms with Crippen LogP contribution in [0.25, 0.3) is 0 Å². The molecule has 15 heteroatoms. The number of piperidine rings is 2. The van der Waals surface area contributed by atoms with Crippen LogP contribution >= 0.6 is 0 Å². The number of ether oxygens (including phenoxy) is 1. The SMILES string of the molecule is C=CC(=O)N1CC2(CCN(S(=O)(=O)N3CCC(CN4CCC5(CC4)CN(c4ncncc4Oc4ccc(F)cc4C(=O)N(C(C)C)C(C)C)C5)CC3)C2)C1. The van der Waals surface area contributed by atoms with Crippen LogP contribution in [0.3, 0.4) is 0 Å². The summed E-state index contributed by atoms with van der Waals surface area (Å²) in [5, 5.41) is 0. The van der Waals surface area contributed by atoms with Crippen molar-refractivity contribution in [3.8, 4) is 11.5 Å². The number of carbonyl (C=O) groups is 2. The number of anilines is 1. The lowest BCUT2D eigenvalue weighted by Gasteiger charge is -2.54. The third-order valence-electron chi connectivity index (χ3n) is 12.4. The van der Waals surface area contributed by atoms with Crippen LogP contribution in [-0.4, -0.2) is 138 Å². The smallest absolute Gasteiger partial charge is 0.281 e. The summed E-state index contributed by atoms with van der Waals surface area (Å²) in [5.41, 5.74) is 0.235. The zero-order chi connectivity index (χ0) is 38.4. The highest BCUT2D eigenvalue weighted by molar-refractivity contribution is 7.86. The molecule has 5 aliphatic rings. The fourth-order valence-electron chi connectivity index (χ4n) is 9.39. The molecule has 0 N–H and O–H groups in total. The Morgan fingerprint density at radius 1 is 0.944 bits per heavy atom. The Bertz CT molecular complexity index is 1820. The van der Waals surface area contributed by atoms with Gasteiger partial charge in [-0.15, -0.1) is 0 Å². The first-order chi connectivity index (χ1) is 25.7. The summed E-state index contributed by atoms with van der Waals surface area (Å²) in [6.07, 6.45) is 9.08. The first kappa shape index (κ1) is 38.6. The third kappa shape index (κ3) is 7.61. The molecule has 5 aliphatic heterocycles. The average Bonchev–Trinajstić information content (AvgIpc) is 3.58. The van der Waals surface area contributed by atoms with Crippen LogP contribution in [-0.2, 0) is 15.0 Å². The van der Waals surface area contributed by atoms with Gasteiger partial charge in [0.2, 0.25) is 5.91 Å². The molecule has 2 spiro atoms. The van der Waals surface area contributed by atoms with E-state index in [0.29, 0.717) is 56.8 Å². The van der Waals surface area contributed by atoms with Gasteiger partial charge in [0.1, 0.15) is 17.9 Å². The highest BCUT2D eigenvalue weighted by atomic mass is 32.2. The van der Waals surface area contributed by atoms with Gasteiger partial charge in [-0.1, -0.05) is 6.58 Å². The van der Waals surface area contributed by atoms with Crippen molar-refractivity contribution in [2.45, 2.75) is 71.9 Å². The number of hydrogen-bond donors (Lipinski definition) is 0. The average molecular weight is 767 g/mol. The third-order valence-corrected chi connectivity index (χ3v) is 14.3. The second kappa shape index (κ2) is 15.1. The van der Waals surface area contributed by atoms with Gasteiger partial charge < -0.3 is 24.3 Å². The molecule has 0 saturated carbocycles. The van der Waals surface area contributed by atoms with E-state index in [1.165, 1.54) is 30.6 Å². The summed E-state index contributed by atoms with van der Waals surface area (Å²) < 4.78 is 51.2. The van der Waals surface area contributed by atoms with E-state index in [9.17, 15) is 22.4 Å². The molecule has 0 unspecified atom stereocenters. The molecule has 5 saturated heterocycles. The monoisotopic (exact) mass is 766 g/mol. The van der Waals surface area contributed by atoms with Crippen LogP contribution in [0.2, 0.25) is 0 Å². The van der Waals surface area contributed by atoms with Gasteiger partial charge in [0, 0.05) is 81.8 Å². The van der Waals surface area contributed by atoms with Crippen molar-refractivity contribution >= 4 is 27.8 Å². The van der Waals surface area contributed by atoms with Crippen molar-refractivity contribution in [3.63, 3.8) is 0 Å². The number of amides is 2. The number of rotatable bonds is 11. The lowest BCUT2D eigenvalue weighted by atomic mass is 9.72. The maximum atomic E-state index is 14.4. The maximum Gasteiger partial charge on any atom is 0.281 e. The van der Waals surface area contributed by atoms with Gasteiger partial charge in [0.15, 0.2) is 11.6 Å². The summed E-state index contributed by atoms with van der Waals surface area (Å²) in [6.45, 7) is 19.3. The van der Waals surface area contributed by atoms with Crippen molar-refractivity contribution < 1.29 is 27.1 Å². The van der Waals surface area contributed by atoms with E-state index in [4.69, 9.17) is 4.74 Å². The minimum atomic E-state index is -3.51. The first-order valence-corrected chi connectivity index (χ1v) is 20.9. The zero-order valence-electron chi connectivity index (χ0n) is 32.1. The molecule has 2 amide bonds. The van der Waals surface area contributed by atoms with E-state index >= 15 is 0 Å². The summed E-state index contributed by atoms with van der Waals surface area (Å²) in [7, 11) is -3.51. The van der Waals surface area contributed by atoms with Crippen LogP contribution in [0, 0.1) is 22.6 Å². The molecule has 0 bridgehead atoms. The van der Waals surface area contributed by atoms with Crippen LogP contribution in [0.1, 0.15) is 70.2 Å². The molecular formula is C39H55FN8O5S. The molecule has 7 rings (SSSR count). The molecule has 0 atom stereocenters.